The average Bonchev–Trinajstić information content (AvgIpc) is 3.50. The van der Waals surface area contributed by atoms with Crippen LogP contribution in [0.4, 0.5) is 0 Å². The summed E-state index contributed by atoms with van der Waals surface area (Å²) in [6.45, 7) is 9.42. The van der Waals surface area contributed by atoms with Gasteiger partial charge in [0.2, 0.25) is 0 Å². The largest absolute Gasteiger partial charge is 0.507 e. The monoisotopic (exact) mass is 504 g/mol. The Kier molecular flexibility index (Phi) is 8.23. The van der Waals surface area contributed by atoms with Gasteiger partial charge in [-0.1, -0.05) is 49.7 Å². The lowest BCUT2D eigenvalue weighted by Gasteiger charge is -2.27. The van der Waals surface area contributed by atoms with Crippen LogP contribution in [0.2, 0.25) is 0 Å². The van der Waals surface area contributed by atoms with Gasteiger partial charge in [-0.15, -0.1) is 11.3 Å². The molecule has 0 radical (unpaired) electrons. The topological polar surface area (TPSA) is 70.1 Å². The number of thiophene rings is 1. The molecule has 1 N–H and O–H groups in total. The fourth-order valence-electron chi connectivity index (χ4n) is 4.48. The molecule has 1 saturated heterocycles. The van der Waals surface area contributed by atoms with Crippen LogP contribution in [0.1, 0.15) is 41.5 Å². The Morgan fingerprint density at radius 1 is 1.06 bits per heavy atom. The normalized spacial score (nSPS) is 17.2. The highest BCUT2D eigenvalue weighted by molar-refractivity contribution is 7.10. The Morgan fingerprint density at radius 3 is 2.44 bits per heavy atom. The summed E-state index contributed by atoms with van der Waals surface area (Å²) in [6, 6.07) is 18.3. The van der Waals surface area contributed by atoms with Gasteiger partial charge in [-0.05, 0) is 61.3 Å². The molecule has 1 aliphatic rings. The SMILES string of the molecule is CCN(CC)CCN1C(=O)C(=O)/C(=C(/O)c2ccc(OCc3cccc(C)c3)cc2)[C@@H]1c1cccs1. The number of rotatable bonds is 10. The van der Waals surface area contributed by atoms with E-state index >= 15 is 0 Å². The van der Waals surface area contributed by atoms with E-state index in [-0.39, 0.29) is 11.3 Å². The number of carbonyl (C=O) groups excluding carboxylic acids is 2. The van der Waals surface area contributed by atoms with Crippen molar-refractivity contribution in [1.82, 2.24) is 9.80 Å². The van der Waals surface area contributed by atoms with Gasteiger partial charge in [0.25, 0.3) is 11.7 Å². The van der Waals surface area contributed by atoms with Crippen LogP contribution >= 0.6 is 11.3 Å². The first kappa shape index (κ1) is 25.7. The van der Waals surface area contributed by atoms with Crippen molar-refractivity contribution in [2.75, 3.05) is 26.2 Å². The fraction of sp³-hybridized carbons (Fsp3) is 0.310. The van der Waals surface area contributed by atoms with Gasteiger partial charge in [0.15, 0.2) is 0 Å². The number of aliphatic hydroxyl groups excluding tert-OH is 1. The van der Waals surface area contributed by atoms with E-state index in [4.69, 9.17) is 4.74 Å². The maximum absolute atomic E-state index is 13.1. The Bertz CT molecular complexity index is 1230. The van der Waals surface area contributed by atoms with E-state index in [2.05, 4.69) is 24.8 Å². The first-order valence-corrected chi connectivity index (χ1v) is 13.1. The van der Waals surface area contributed by atoms with E-state index in [0.717, 1.165) is 23.5 Å². The van der Waals surface area contributed by atoms with E-state index in [0.29, 0.717) is 31.0 Å². The molecule has 1 atom stereocenters. The third-order valence-corrected chi connectivity index (χ3v) is 7.44. The molecule has 2 heterocycles. The molecule has 188 valence electrons. The second kappa shape index (κ2) is 11.5. The van der Waals surface area contributed by atoms with Crippen molar-refractivity contribution in [3.8, 4) is 5.75 Å². The third kappa shape index (κ3) is 5.53. The Balaban J connectivity index is 1.59. The smallest absolute Gasteiger partial charge is 0.295 e. The zero-order chi connectivity index (χ0) is 25.7. The van der Waals surface area contributed by atoms with E-state index in [1.807, 2.05) is 42.6 Å². The van der Waals surface area contributed by atoms with Crippen LogP contribution in [0.15, 0.2) is 71.6 Å². The van der Waals surface area contributed by atoms with E-state index in [9.17, 15) is 14.7 Å². The summed E-state index contributed by atoms with van der Waals surface area (Å²) in [7, 11) is 0. The number of carbonyl (C=O) groups is 2. The van der Waals surface area contributed by atoms with Gasteiger partial charge < -0.3 is 19.6 Å². The minimum Gasteiger partial charge on any atom is -0.507 e. The van der Waals surface area contributed by atoms with Gasteiger partial charge in [0.1, 0.15) is 18.1 Å². The predicted octanol–water partition coefficient (Wildman–Crippen LogP) is 5.40. The lowest BCUT2D eigenvalue weighted by atomic mass is 10.00. The molecule has 1 fully saturated rings. The van der Waals surface area contributed by atoms with Crippen molar-refractivity contribution in [3.63, 3.8) is 0 Å². The first-order valence-electron chi connectivity index (χ1n) is 12.3. The van der Waals surface area contributed by atoms with Gasteiger partial charge in [0.05, 0.1) is 11.6 Å². The van der Waals surface area contributed by atoms with Gasteiger partial charge in [0, 0.05) is 23.5 Å². The molecule has 7 heteroatoms. The summed E-state index contributed by atoms with van der Waals surface area (Å²) in [5.41, 5.74) is 2.85. The minimum atomic E-state index is -0.648. The molecule has 0 bridgehead atoms. The lowest BCUT2D eigenvalue weighted by Crippen LogP contribution is -2.37. The van der Waals surface area contributed by atoms with Crippen molar-refractivity contribution >= 4 is 28.8 Å². The van der Waals surface area contributed by atoms with Gasteiger partial charge in [-0.25, -0.2) is 0 Å². The van der Waals surface area contributed by atoms with Crippen LogP contribution in [0.5, 0.6) is 5.75 Å². The Hall–Kier alpha value is -3.42. The average molecular weight is 505 g/mol. The minimum absolute atomic E-state index is 0.135. The van der Waals surface area contributed by atoms with E-state index < -0.39 is 17.7 Å². The van der Waals surface area contributed by atoms with Gasteiger partial charge in [-0.3, -0.25) is 9.59 Å². The van der Waals surface area contributed by atoms with Crippen LogP contribution in [0.25, 0.3) is 5.76 Å². The summed E-state index contributed by atoms with van der Waals surface area (Å²) in [4.78, 5) is 30.8. The van der Waals surface area contributed by atoms with Gasteiger partial charge >= 0.3 is 0 Å². The Labute approximate surface area is 216 Å². The molecule has 0 saturated carbocycles. The molecule has 36 heavy (non-hydrogen) atoms. The number of aliphatic hydroxyl groups is 1. The number of aryl methyl sites for hydroxylation is 1. The molecule has 4 rings (SSSR count). The molecule has 1 amide bonds. The van der Waals surface area contributed by atoms with Gasteiger partial charge in [-0.2, -0.15) is 0 Å². The standard InChI is InChI=1S/C29H32N2O4S/c1-4-30(5-2)15-16-31-26(24-10-7-17-36-24)25(28(33)29(31)34)27(32)22-11-13-23(14-12-22)35-19-21-9-6-8-20(3)18-21/h6-14,17-18,26,32H,4-5,15-16,19H2,1-3H3/b27-25+/t26-/m0/s1. The van der Waals surface area contributed by atoms with Crippen molar-refractivity contribution in [3.05, 3.63) is 93.2 Å². The molecule has 1 aromatic heterocycles. The number of nitrogens with zero attached hydrogens (tertiary/aromatic N) is 2. The molecule has 2 aromatic carbocycles. The van der Waals surface area contributed by atoms with Crippen LogP contribution in [-0.4, -0.2) is 52.8 Å². The molecular formula is C29H32N2O4S. The summed E-state index contributed by atoms with van der Waals surface area (Å²) in [5, 5.41) is 13.1. The van der Waals surface area contributed by atoms with Crippen LogP contribution < -0.4 is 4.74 Å². The maximum Gasteiger partial charge on any atom is 0.295 e. The number of amides is 1. The number of ether oxygens (including phenoxy) is 1. The molecule has 1 aliphatic heterocycles. The number of Topliss-reactive ketones (excluding diaryl/α,β-unsaturated/α-hetero) is 1. The second-order valence-electron chi connectivity index (χ2n) is 8.84. The lowest BCUT2D eigenvalue weighted by molar-refractivity contribution is -0.140. The summed E-state index contributed by atoms with van der Waals surface area (Å²) >= 11 is 1.47. The van der Waals surface area contributed by atoms with Crippen LogP contribution in [0.3, 0.4) is 0 Å². The Morgan fingerprint density at radius 2 is 1.81 bits per heavy atom. The maximum atomic E-state index is 13.1. The second-order valence-corrected chi connectivity index (χ2v) is 9.82. The fourth-order valence-corrected chi connectivity index (χ4v) is 5.32. The molecule has 0 spiro atoms. The van der Waals surface area contributed by atoms with Crippen molar-refractivity contribution in [2.45, 2.75) is 33.4 Å². The molecule has 0 aliphatic carbocycles. The molecule has 3 aromatic rings. The van der Waals surface area contributed by atoms with Crippen molar-refractivity contribution in [2.24, 2.45) is 0 Å². The van der Waals surface area contributed by atoms with Crippen LogP contribution in [-0.2, 0) is 16.2 Å². The molecule has 6 nitrogen and oxygen atoms in total. The van der Waals surface area contributed by atoms with Crippen molar-refractivity contribution < 1.29 is 19.4 Å². The zero-order valence-electron chi connectivity index (χ0n) is 20.9. The zero-order valence-corrected chi connectivity index (χ0v) is 21.8. The predicted molar refractivity (Wildman–Crippen MR) is 143 cm³/mol. The number of likely N-dealkylation sites (N-methyl/N-ethyl adjacent to an activating group) is 1. The number of hydrogen-bond donors (Lipinski definition) is 1. The first-order chi connectivity index (χ1) is 17.4. The highest BCUT2D eigenvalue weighted by Crippen LogP contribution is 2.41. The summed E-state index contributed by atoms with van der Waals surface area (Å²) in [6.07, 6.45) is 0. The number of ketones is 1. The summed E-state index contributed by atoms with van der Waals surface area (Å²) < 4.78 is 5.89. The number of hydrogen-bond acceptors (Lipinski definition) is 6. The number of benzene rings is 2. The van der Waals surface area contributed by atoms with Crippen LogP contribution in [0, 0.1) is 6.92 Å². The quantitative estimate of drug-likeness (QED) is 0.227. The van der Waals surface area contributed by atoms with E-state index in [1.54, 1.807) is 29.2 Å². The van der Waals surface area contributed by atoms with Crippen molar-refractivity contribution in [1.29, 1.82) is 0 Å². The van der Waals surface area contributed by atoms with E-state index in [1.165, 1.54) is 16.9 Å². The molecular weight excluding hydrogens is 472 g/mol. The molecule has 0 unspecified atom stereocenters. The highest BCUT2D eigenvalue weighted by atomic mass is 32.1. The third-order valence-electron chi connectivity index (χ3n) is 6.52. The number of likely N-dealkylation sites (tertiary alicyclic amines) is 1. The highest BCUT2D eigenvalue weighted by Gasteiger charge is 2.46. The summed E-state index contributed by atoms with van der Waals surface area (Å²) in [5.74, 6) is -0.727.